The van der Waals surface area contributed by atoms with Gasteiger partial charge in [-0.1, -0.05) is 4.68 Å². The largest absolute Gasteiger partial charge is 0.481 e. The van der Waals surface area contributed by atoms with Crippen molar-refractivity contribution in [1.82, 2.24) is 10.4 Å². The number of aliphatic hydroxyl groups excluding tert-OH is 1. The molecule has 0 saturated heterocycles. The molecule has 0 saturated carbocycles. The van der Waals surface area contributed by atoms with Gasteiger partial charge in [-0.3, -0.25) is 9.59 Å². The number of carboxylic acids is 1. The summed E-state index contributed by atoms with van der Waals surface area (Å²) in [5.74, 6) is -1.50. The number of rotatable bonds is 7. The maximum atomic E-state index is 11.9. The van der Waals surface area contributed by atoms with E-state index in [2.05, 4.69) is 10.4 Å². The summed E-state index contributed by atoms with van der Waals surface area (Å²) in [5.41, 5.74) is 0.280. The van der Waals surface area contributed by atoms with E-state index in [1.807, 2.05) is 0 Å². The highest BCUT2D eigenvalue weighted by atomic mass is 32.2. The molecule has 0 aliphatic heterocycles. The molecule has 1 aromatic rings. The number of sulfone groups is 1. The molecule has 28 heavy (non-hydrogen) atoms. The minimum absolute atomic E-state index is 0.0609. The van der Waals surface area contributed by atoms with Crippen LogP contribution < -0.4 is 10.00 Å². The number of nitrogens with zero attached hydrogens (tertiary/aromatic N) is 2. The summed E-state index contributed by atoms with van der Waals surface area (Å²) in [6.45, 7) is 2.49. The summed E-state index contributed by atoms with van der Waals surface area (Å²) >= 11 is 0. The second-order valence-electron chi connectivity index (χ2n) is 6.01. The van der Waals surface area contributed by atoms with Crippen molar-refractivity contribution in [3.05, 3.63) is 24.0 Å². The summed E-state index contributed by atoms with van der Waals surface area (Å²) in [5, 5.41) is 22.8. The number of carbonyl (C=O) groups is 2. The molecular formula is C15H23F3N3O6S+. The Morgan fingerprint density at radius 2 is 1.86 bits per heavy atom. The van der Waals surface area contributed by atoms with Crippen molar-refractivity contribution >= 4 is 21.7 Å². The first-order valence-corrected chi connectivity index (χ1v) is 9.98. The van der Waals surface area contributed by atoms with Crippen molar-refractivity contribution in [3.8, 4) is 0 Å². The third-order valence-corrected chi connectivity index (χ3v) is 4.10. The first-order chi connectivity index (χ1) is 12.6. The summed E-state index contributed by atoms with van der Waals surface area (Å²) in [6, 6.07) is 0.990. The Morgan fingerprint density at radius 1 is 1.32 bits per heavy atom. The van der Waals surface area contributed by atoms with Crippen LogP contribution in [0.4, 0.5) is 13.2 Å². The third kappa shape index (κ3) is 12.2. The maximum absolute atomic E-state index is 11.9. The Kier molecular flexibility index (Phi) is 10.0. The normalized spacial score (nSPS) is 13.7. The highest BCUT2D eigenvalue weighted by Crippen LogP contribution is 2.18. The van der Waals surface area contributed by atoms with E-state index in [0.717, 1.165) is 6.26 Å². The van der Waals surface area contributed by atoms with Crippen LogP contribution in [0.5, 0.6) is 0 Å². The molecule has 9 nitrogen and oxygen atoms in total. The van der Waals surface area contributed by atoms with E-state index in [9.17, 15) is 31.2 Å². The third-order valence-electron chi connectivity index (χ3n) is 2.99. The van der Waals surface area contributed by atoms with Gasteiger partial charge in [0.2, 0.25) is 0 Å². The number of alkyl halides is 3. The zero-order chi connectivity index (χ0) is 22.1. The van der Waals surface area contributed by atoms with Gasteiger partial charge in [-0.05, 0) is 18.9 Å². The Morgan fingerprint density at radius 3 is 2.21 bits per heavy atom. The van der Waals surface area contributed by atoms with Crippen molar-refractivity contribution in [2.75, 3.05) is 12.0 Å². The average molecular weight is 430 g/mol. The van der Waals surface area contributed by atoms with Crippen LogP contribution >= 0.6 is 0 Å². The number of aryl methyl sites for hydroxylation is 1. The zero-order valence-electron chi connectivity index (χ0n) is 15.5. The fraction of sp³-hybridized carbons (Fsp3) is 0.600. The van der Waals surface area contributed by atoms with Crippen LogP contribution in [0.3, 0.4) is 0 Å². The lowest BCUT2D eigenvalue weighted by atomic mass is 10.2. The Labute approximate surface area is 160 Å². The number of carbonyl (C=O) groups excluding carboxylic acids is 1. The first kappa shape index (κ1) is 25.7. The van der Waals surface area contributed by atoms with E-state index in [-0.39, 0.29) is 24.3 Å². The fourth-order valence-electron chi connectivity index (χ4n) is 1.66. The number of aliphatic carboxylic acids is 1. The van der Waals surface area contributed by atoms with Gasteiger partial charge >= 0.3 is 12.1 Å². The van der Waals surface area contributed by atoms with Crippen molar-refractivity contribution in [2.45, 2.75) is 45.1 Å². The number of amides is 1. The second kappa shape index (κ2) is 10.9. The van der Waals surface area contributed by atoms with Gasteiger partial charge in [0.25, 0.3) is 5.91 Å². The van der Waals surface area contributed by atoms with Gasteiger partial charge in [0.15, 0.2) is 12.7 Å². The van der Waals surface area contributed by atoms with Crippen molar-refractivity contribution < 1.29 is 46.1 Å². The summed E-state index contributed by atoms with van der Waals surface area (Å²) in [4.78, 5) is 22.3. The molecule has 1 amide bonds. The molecule has 0 aliphatic carbocycles. The van der Waals surface area contributed by atoms with Gasteiger partial charge in [-0.15, -0.1) is 0 Å². The highest BCUT2D eigenvalue weighted by molar-refractivity contribution is 7.90. The molecule has 1 aromatic heterocycles. The quantitative estimate of drug-likeness (QED) is 0.515. The van der Waals surface area contributed by atoms with Gasteiger partial charge < -0.3 is 15.5 Å². The van der Waals surface area contributed by atoms with Crippen LogP contribution in [-0.2, 0) is 21.2 Å². The molecule has 0 bridgehead atoms. The summed E-state index contributed by atoms with van der Waals surface area (Å²) in [7, 11) is -3.16. The van der Waals surface area contributed by atoms with E-state index in [0.29, 0.717) is 6.92 Å². The van der Waals surface area contributed by atoms with Crippen LogP contribution in [0.2, 0.25) is 0 Å². The molecule has 1 heterocycles. The molecule has 1 rings (SSSR count). The van der Waals surface area contributed by atoms with E-state index in [1.165, 1.54) is 23.1 Å². The van der Waals surface area contributed by atoms with Crippen molar-refractivity contribution in [3.63, 3.8) is 0 Å². The second-order valence-corrected chi connectivity index (χ2v) is 8.19. The van der Waals surface area contributed by atoms with E-state index in [4.69, 9.17) is 10.2 Å². The predicted octanol–water partition coefficient (Wildman–Crippen LogP) is -0.0638. The molecule has 2 atom stereocenters. The summed E-state index contributed by atoms with van der Waals surface area (Å²) in [6.07, 6.45) is -2.80. The Bertz CT molecular complexity index is 751. The molecule has 3 N–H and O–H groups in total. The standard InChI is InChI=1S/C12H17N3O5S.C3H5F3O/c1-9(8-21(2,19)20)14-12(18)10-3-5-15(13-7-10)6-4-11(16)17;1-2(7)3(4,5)6/h3,5,7,9H,4,6,8H2,1-2H3,(H-,14,16,17,18);2,7H,1H3/p+1. The SMILES string of the molecule is CC(CS(C)(=O)=O)NC(=O)c1cc[n+](CCC(=O)O)nc1.CC(O)C(F)(F)F. The topological polar surface area (TPSA) is 138 Å². The van der Waals surface area contributed by atoms with Crippen LogP contribution in [0, 0.1) is 0 Å². The lowest BCUT2D eigenvalue weighted by Crippen LogP contribution is -2.40. The van der Waals surface area contributed by atoms with E-state index in [1.54, 1.807) is 6.92 Å². The predicted molar refractivity (Wildman–Crippen MR) is 91.1 cm³/mol. The monoisotopic (exact) mass is 430 g/mol. The zero-order valence-corrected chi connectivity index (χ0v) is 16.3. The lowest BCUT2D eigenvalue weighted by Gasteiger charge is -2.12. The molecule has 0 aliphatic rings. The van der Waals surface area contributed by atoms with E-state index >= 15 is 0 Å². The van der Waals surface area contributed by atoms with Gasteiger partial charge in [-0.2, -0.15) is 13.2 Å². The van der Waals surface area contributed by atoms with Gasteiger partial charge in [0, 0.05) is 18.4 Å². The van der Waals surface area contributed by atoms with Crippen LogP contribution in [0.25, 0.3) is 0 Å². The minimum atomic E-state index is -4.44. The molecule has 0 fully saturated rings. The molecular weight excluding hydrogens is 407 g/mol. The molecule has 13 heteroatoms. The number of carboxylic acid groups (broad SMARTS) is 1. The lowest BCUT2D eigenvalue weighted by molar-refractivity contribution is -0.753. The van der Waals surface area contributed by atoms with Crippen LogP contribution in [0.1, 0.15) is 30.6 Å². The molecule has 0 radical (unpaired) electrons. The summed E-state index contributed by atoms with van der Waals surface area (Å²) < 4.78 is 56.4. The van der Waals surface area contributed by atoms with Crippen LogP contribution in [0.15, 0.2) is 18.5 Å². The highest BCUT2D eigenvalue weighted by Gasteiger charge is 2.33. The molecule has 160 valence electrons. The number of halogens is 3. The molecule has 0 aromatic carbocycles. The van der Waals surface area contributed by atoms with Crippen molar-refractivity contribution in [1.29, 1.82) is 0 Å². The molecule has 2 unspecified atom stereocenters. The Balaban J connectivity index is 0.000000887. The average Bonchev–Trinajstić information content (AvgIpc) is 2.51. The van der Waals surface area contributed by atoms with Crippen molar-refractivity contribution in [2.24, 2.45) is 0 Å². The maximum Gasteiger partial charge on any atom is 0.414 e. The number of aliphatic hydroxyl groups is 1. The minimum Gasteiger partial charge on any atom is -0.481 e. The van der Waals surface area contributed by atoms with E-state index < -0.39 is 40.0 Å². The number of hydrogen-bond donors (Lipinski definition) is 3. The number of hydrogen-bond acceptors (Lipinski definition) is 6. The van der Waals surface area contributed by atoms with Gasteiger partial charge in [-0.25, -0.2) is 8.42 Å². The van der Waals surface area contributed by atoms with Crippen LogP contribution in [-0.4, -0.2) is 65.9 Å². The first-order valence-electron chi connectivity index (χ1n) is 7.92. The smallest absolute Gasteiger partial charge is 0.414 e. The Hall–Kier alpha value is -2.28. The molecule has 0 spiro atoms. The van der Waals surface area contributed by atoms with Gasteiger partial charge in [0.1, 0.15) is 28.6 Å². The van der Waals surface area contributed by atoms with Gasteiger partial charge in [0.05, 0.1) is 11.3 Å². The fourth-order valence-corrected chi connectivity index (χ4v) is 2.66. The number of nitrogens with one attached hydrogen (secondary N) is 1. The number of aromatic nitrogens is 2.